The highest BCUT2D eigenvalue weighted by molar-refractivity contribution is 5.66. The van der Waals surface area contributed by atoms with E-state index in [4.69, 9.17) is 10.2 Å². The van der Waals surface area contributed by atoms with Crippen LogP contribution in [0.1, 0.15) is 84.0 Å². The second-order valence-electron chi connectivity index (χ2n) is 5.84. The number of hydrogen-bond acceptors (Lipinski definition) is 3. The minimum atomic E-state index is -0.712. The Balaban J connectivity index is 3.20. The maximum absolute atomic E-state index is 10.3. The van der Waals surface area contributed by atoms with E-state index in [1.807, 2.05) is 6.92 Å². The van der Waals surface area contributed by atoms with E-state index < -0.39 is 5.97 Å². The molecule has 0 aromatic carbocycles. The molecule has 4 heteroatoms. The monoisotopic (exact) mass is 288 g/mol. The molecule has 2 unspecified atom stereocenters. The largest absolute Gasteiger partial charge is 0.481 e. The van der Waals surface area contributed by atoms with Crippen molar-refractivity contribution in [1.29, 1.82) is 0 Å². The summed E-state index contributed by atoms with van der Waals surface area (Å²) in [6.45, 7) is 1.81. The third kappa shape index (κ3) is 15.4. The second kappa shape index (κ2) is 13.4. The van der Waals surface area contributed by atoms with Crippen molar-refractivity contribution in [2.45, 2.75) is 96.2 Å². The number of unbranched alkanes of at least 4 members (excludes halogenated alkanes) is 6. The zero-order valence-electron chi connectivity index (χ0n) is 12.9. The number of carbonyl (C=O) groups is 1. The van der Waals surface area contributed by atoms with Crippen molar-refractivity contribution in [2.24, 2.45) is 0 Å². The van der Waals surface area contributed by atoms with Gasteiger partial charge in [-0.1, -0.05) is 44.9 Å². The predicted molar refractivity (Wildman–Crippen MR) is 80.7 cm³/mol. The van der Waals surface area contributed by atoms with Crippen LogP contribution in [0.3, 0.4) is 0 Å². The smallest absolute Gasteiger partial charge is 0.303 e. The molecular weight excluding hydrogens is 256 g/mol. The number of carboxylic acids is 1. The molecule has 20 heavy (non-hydrogen) atoms. The summed E-state index contributed by atoms with van der Waals surface area (Å²) in [5.41, 5.74) is 0. The Kier molecular flexibility index (Phi) is 13.0. The first kappa shape index (κ1) is 19.4. The average molecular weight is 288 g/mol. The molecule has 0 amide bonds. The van der Waals surface area contributed by atoms with Gasteiger partial charge in [0.25, 0.3) is 0 Å². The van der Waals surface area contributed by atoms with E-state index in [0.29, 0.717) is 0 Å². The molecule has 0 aliphatic rings. The van der Waals surface area contributed by atoms with E-state index in [9.17, 15) is 9.90 Å². The third-order valence-corrected chi connectivity index (χ3v) is 3.59. The van der Waals surface area contributed by atoms with Crippen molar-refractivity contribution < 1.29 is 20.1 Å². The van der Waals surface area contributed by atoms with E-state index in [2.05, 4.69) is 0 Å². The topological polar surface area (TPSA) is 77.8 Å². The van der Waals surface area contributed by atoms with Gasteiger partial charge in [-0.2, -0.15) is 0 Å². The molecule has 3 N–H and O–H groups in total. The first-order valence-corrected chi connectivity index (χ1v) is 8.10. The summed E-state index contributed by atoms with van der Waals surface area (Å²) in [5, 5.41) is 27.4. The van der Waals surface area contributed by atoms with Gasteiger partial charge in [-0.05, 0) is 32.6 Å². The molecule has 0 saturated carbocycles. The summed E-state index contributed by atoms with van der Waals surface area (Å²) in [7, 11) is 0. The van der Waals surface area contributed by atoms with Crippen molar-refractivity contribution in [3.63, 3.8) is 0 Å². The second-order valence-corrected chi connectivity index (χ2v) is 5.84. The number of aliphatic hydroxyl groups is 2. The van der Waals surface area contributed by atoms with Crippen molar-refractivity contribution in [3.8, 4) is 0 Å². The van der Waals surface area contributed by atoms with Crippen LogP contribution in [-0.2, 0) is 4.79 Å². The van der Waals surface area contributed by atoms with Crippen LogP contribution in [-0.4, -0.2) is 33.5 Å². The van der Waals surface area contributed by atoms with Crippen molar-refractivity contribution in [3.05, 3.63) is 0 Å². The maximum Gasteiger partial charge on any atom is 0.303 e. The molecule has 0 fully saturated rings. The zero-order chi connectivity index (χ0) is 15.2. The van der Waals surface area contributed by atoms with Crippen LogP contribution in [0.5, 0.6) is 0 Å². The van der Waals surface area contributed by atoms with E-state index in [1.165, 1.54) is 0 Å². The normalized spacial score (nSPS) is 14.2. The van der Waals surface area contributed by atoms with Crippen LogP contribution in [0, 0.1) is 0 Å². The molecule has 0 spiro atoms. The number of rotatable bonds is 14. The quantitative estimate of drug-likeness (QED) is 0.428. The highest BCUT2D eigenvalue weighted by Crippen LogP contribution is 2.13. The van der Waals surface area contributed by atoms with Gasteiger partial charge in [0.2, 0.25) is 0 Å². The average Bonchev–Trinajstić information content (AvgIpc) is 2.36. The Bertz CT molecular complexity index is 229. The SMILES string of the molecule is CC(O)CCCCCC(O)CCCCCCCC(=O)O. The summed E-state index contributed by atoms with van der Waals surface area (Å²) >= 11 is 0. The third-order valence-electron chi connectivity index (χ3n) is 3.59. The van der Waals surface area contributed by atoms with Crippen molar-refractivity contribution in [2.75, 3.05) is 0 Å². The van der Waals surface area contributed by atoms with Gasteiger partial charge in [0.1, 0.15) is 0 Å². The van der Waals surface area contributed by atoms with E-state index >= 15 is 0 Å². The van der Waals surface area contributed by atoms with Gasteiger partial charge in [0.05, 0.1) is 12.2 Å². The minimum Gasteiger partial charge on any atom is -0.481 e. The van der Waals surface area contributed by atoms with Gasteiger partial charge in [-0.15, -0.1) is 0 Å². The van der Waals surface area contributed by atoms with Crippen LogP contribution in [0.25, 0.3) is 0 Å². The van der Waals surface area contributed by atoms with Crippen LogP contribution in [0.4, 0.5) is 0 Å². The van der Waals surface area contributed by atoms with Crippen LogP contribution >= 0.6 is 0 Å². The Morgan fingerprint density at radius 1 is 0.800 bits per heavy atom. The lowest BCUT2D eigenvalue weighted by Crippen LogP contribution is -2.06. The molecule has 0 saturated heterocycles. The zero-order valence-corrected chi connectivity index (χ0v) is 12.9. The van der Waals surface area contributed by atoms with E-state index in [1.54, 1.807) is 0 Å². The van der Waals surface area contributed by atoms with E-state index in [-0.39, 0.29) is 18.6 Å². The van der Waals surface area contributed by atoms with Gasteiger partial charge in [0, 0.05) is 6.42 Å². The molecular formula is C16H32O4. The Morgan fingerprint density at radius 3 is 1.80 bits per heavy atom. The Labute approximate surface area is 123 Å². The molecule has 0 heterocycles. The highest BCUT2D eigenvalue weighted by Gasteiger charge is 2.04. The number of hydrogen-bond donors (Lipinski definition) is 3. The number of aliphatic hydroxyl groups excluding tert-OH is 2. The van der Waals surface area contributed by atoms with E-state index in [0.717, 1.165) is 70.6 Å². The maximum atomic E-state index is 10.3. The van der Waals surface area contributed by atoms with Gasteiger partial charge in [0.15, 0.2) is 0 Å². The summed E-state index contributed by atoms with van der Waals surface area (Å²) < 4.78 is 0. The summed E-state index contributed by atoms with van der Waals surface area (Å²) in [4.78, 5) is 10.3. The molecule has 0 radical (unpaired) electrons. The van der Waals surface area contributed by atoms with Gasteiger partial charge >= 0.3 is 5.97 Å². The molecule has 0 aromatic rings. The molecule has 120 valence electrons. The Morgan fingerprint density at radius 2 is 1.25 bits per heavy atom. The van der Waals surface area contributed by atoms with Gasteiger partial charge in [-0.3, -0.25) is 4.79 Å². The summed E-state index contributed by atoms with van der Waals surface area (Å²) in [5.74, 6) is -0.712. The standard InChI is InChI=1S/C16H32O4/c1-14(17)10-6-5-8-12-15(18)11-7-3-2-4-9-13-16(19)20/h14-15,17-18H,2-13H2,1H3,(H,19,20). The lowest BCUT2D eigenvalue weighted by molar-refractivity contribution is -0.137. The molecule has 2 atom stereocenters. The highest BCUT2D eigenvalue weighted by atomic mass is 16.4. The first-order chi connectivity index (χ1) is 9.52. The molecule has 0 rings (SSSR count). The number of carboxylic acid groups (broad SMARTS) is 1. The molecule has 0 aromatic heterocycles. The van der Waals surface area contributed by atoms with Gasteiger partial charge < -0.3 is 15.3 Å². The first-order valence-electron chi connectivity index (χ1n) is 8.10. The Hall–Kier alpha value is -0.610. The summed E-state index contributed by atoms with van der Waals surface area (Å²) in [6, 6.07) is 0. The predicted octanol–water partition coefficient (Wildman–Crippen LogP) is 3.49. The van der Waals surface area contributed by atoms with Crippen molar-refractivity contribution >= 4 is 5.97 Å². The van der Waals surface area contributed by atoms with Gasteiger partial charge in [-0.25, -0.2) is 0 Å². The molecule has 0 bridgehead atoms. The van der Waals surface area contributed by atoms with Crippen LogP contribution < -0.4 is 0 Å². The lowest BCUT2D eigenvalue weighted by atomic mass is 10.0. The summed E-state index contributed by atoms with van der Waals surface area (Å²) in [6.07, 6.45) is 10.5. The fraction of sp³-hybridized carbons (Fsp3) is 0.938. The minimum absolute atomic E-state index is 0.194. The lowest BCUT2D eigenvalue weighted by Gasteiger charge is -2.10. The van der Waals surface area contributed by atoms with Crippen LogP contribution in [0.2, 0.25) is 0 Å². The molecule has 0 aliphatic heterocycles. The van der Waals surface area contributed by atoms with Crippen LogP contribution in [0.15, 0.2) is 0 Å². The molecule has 0 aliphatic carbocycles. The number of aliphatic carboxylic acids is 1. The molecule has 4 nitrogen and oxygen atoms in total. The van der Waals surface area contributed by atoms with Crippen molar-refractivity contribution in [1.82, 2.24) is 0 Å². The fourth-order valence-electron chi connectivity index (χ4n) is 2.33. The fourth-order valence-corrected chi connectivity index (χ4v) is 2.33.